The van der Waals surface area contributed by atoms with Gasteiger partial charge in [-0.25, -0.2) is 0 Å². The van der Waals surface area contributed by atoms with Crippen LogP contribution >= 0.6 is 11.6 Å². The molecule has 1 aromatic rings. The summed E-state index contributed by atoms with van der Waals surface area (Å²) < 4.78 is 39.9. The average Bonchev–Trinajstić information content (AvgIpc) is 2.10. The van der Waals surface area contributed by atoms with Gasteiger partial charge in [0.15, 0.2) is 5.78 Å². The van der Waals surface area contributed by atoms with Crippen LogP contribution in [-0.2, 0) is 0 Å². The standard InChI is InChI=1S/C10H8ClF3O2/c1-5-8(11)3-7(6(2)15)4-9(5)16-10(12,13)14/h3-4H,1-2H3. The van der Waals surface area contributed by atoms with Crippen molar-refractivity contribution in [1.29, 1.82) is 0 Å². The fourth-order valence-electron chi connectivity index (χ4n) is 1.09. The van der Waals surface area contributed by atoms with Crippen molar-refractivity contribution in [3.8, 4) is 5.75 Å². The van der Waals surface area contributed by atoms with Gasteiger partial charge in [-0.05, 0) is 26.0 Å². The van der Waals surface area contributed by atoms with Crippen LogP contribution in [0.2, 0.25) is 5.02 Å². The number of hydrogen-bond donors (Lipinski definition) is 0. The van der Waals surface area contributed by atoms with Gasteiger partial charge in [0.05, 0.1) is 0 Å². The third kappa shape index (κ3) is 3.13. The van der Waals surface area contributed by atoms with Gasteiger partial charge in [0.2, 0.25) is 0 Å². The molecule has 16 heavy (non-hydrogen) atoms. The van der Waals surface area contributed by atoms with Crippen LogP contribution in [0.25, 0.3) is 0 Å². The molecule has 88 valence electrons. The number of ether oxygens (including phenoxy) is 1. The lowest BCUT2D eigenvalue weighted by Crippen LogP contribution is -2.18. The van der Waals surface area contributed by atoms with E-state index >= 15 is 0 Å². The first-order valence-corrected chi connectivity index (χ1v) is 4.65. The number of ketones is 1. The zero-order valence-electron chi connectivity index (χ0n) is 8.48. The molecule has 0 saturated carbocycles. The fraction of sp³-hybridized carbons (Fsp3) is 0.300. The summed E-state index contributed by atoms with van der Waals surface area (Å²) in [6, 6.07) is 2.33. The summed E-state index contributed by atoms with van der Waals surface area (Å²) >= 11 is 5.69. The Bertz CT molecular complexity index is 427. The zero-order chi connectivity index (χ0) is 12.5. The highest BCUT2D eigenvalue weighted by molar-refractivity contribution is 6.32. The highest BCUT2D eigenvalue weighted by Gasteiger charge is 2.32. The topological polar surface area (TPSA) is 26.3 Å². The minimum Gasteiger partial charge on any atom is -0.405 e. The molecule has 0 N–H and O–H groups in total. The Balaban J connectivity index is 3.22. The quantitative estimate of drug-likeness (QED) is 0.750. The lowest BCUT2D eigenvalue weighted by atomic mass is 10.1. The summed E-state index contributed by atoms with van der Waals surface area (Å²) in [5.74, 6) is -0.834. The largest absolute Gasteiger partial charge is 0.573 e. The number of rotatable bonds is 2. The number of hydrogen-bond acceptors (Lipinski definition) is 2. The maximum Gasteiger partial charge on any atom is 0.573 e. The number of benzene rings is 1. The summed E-state index contributed by atoms with van der Waals surface area (Å²) in [6.07, 6.45) is -4.80. The molecule has 0 saturated heterocycles. The summed E-state index contributed by atoms with van der Waals surface area (Å²) in [4.78, 5) is 11.0. The number of halogens is 4. The molecule has 0 aliphatic carbocycles. The van der Waals surface area contributed by atoms with Gasteiger partial charge in [0.1, 0.15) is 5.75 Å². The van der Waals surface area contributed by atoms with E-state index in [0.29, 0.717) is 0 Å². The first kappa shape index (κ1) is 12.8. The van der Waals surface area contributed by atoms with Crippen LogP contribution in [0, 0.1) is 6.92 Å². The summed E-state index contributed by atoms with van der Waals surface area (Å²) in [5.41, 5.74) is 0.221. The van der Waals surface area contributed by atoms with Crippen LogP contribution in [-0.4, -0.2) is 12.1 Å². The first-order chi connectivity index (χ1) is 7.20. The molecule has 0 aliphatic rings. The Morgan fingerprint density at radius 3 is 2.38 bits per heavy atom. The van der Waals surface area contributed by atoms with Crippen molar-refractivity contribution in [1.82, 2.24) is 0 Å². The molecule has 1 aromatic carbocycles. The second-order valence-electron chi connectivity index (χ2n) is 3.19. The molecule has 0 fully saturated rings. The van der Waals surface area contributed by atoms with Crippen molar-refractivity contribution in [2.24, 2.45) is 0 Å². The third-order valence-electron chi connectivity index (χ3n) is 1.93. The van der Waals surface area contributed by atoms with Crippen LogP contribution in [0.3, 0.4) is 0 Å². The number of Topliss-reactive ketones (excluding diaryl/α,β-unsaturated/α-hetero) is 1. The van der Waals surface area contributed by atoms with Crippen LogP contribution < -0.4 is 4.74 Å². The SMILES string of the molecule is CC(=O)c1cc(Cl)c(C)c(OC(F)(F)F)c1. The monoisotopic (exact) mass is 252 g/mol. The van der Waals surface area contributed by atoms with E-state index < -0.39 is 12.1 Å². The van der Waals surface area contributed by atoms with Crippen molar-refractivity contribution in [2.45, 2.75) is 20.2 Å². The van der Waals surface area contributed by atoms with E-state index in [0.717, 1.165) is 6.07 Å². The first-order valence-electron chi connectivity index (χ1n) is 4.27. The van der Waals surface area contributed by atoms with Gasteiger partial charge in [-0.2, -0.15) is 0 Å². The van der Waals surface area contributed by atoms with E-state index in [1.807, 2.05) is 0 Å². The van der Waals surface area contributed by atoms with E-state index in [9.17, 15) is 18.0 Å². The lowest BCUT2D eigenvalue weighted by Gasteiger charge is -2.13. The molecule has 2 nitrogen and oxygen atoms in total. The van der Waals surface area contributed by atoms with Gasteiger partial charge < -0.3 is 4.74 Å². The highest BCUT2D eigenvalue weighted by atomic mass is 35.5. The molecule has 6 heteroatoms. The molecule has 0 atom stereocenters. The average molecular weight is 253 g/mol. The van der Waals surface area contributed by atoms with Crippen LogP contribution in [0.1, 0.15) is 22.8 Å². The number of alkyl halides is 3. The minimum absolute atomic E-state index is 0.0620. The lowest BCUT2D eigenvalue weighted by molar-refractivity contribution is -0.274. The maximum atomic E-state index is 12.0. The van der Waals surface area contributed by atoms with Gasteiger partial charge in [0, 0.05) is 16.1 Å². The molecule has 0 amide bonds. The molecule has 0 spiro atoms. The van der Waals surface area contributed by atoms with E-state index in [1.54, 1.807) is 0 Å². The molecule has 0 aromatic heterocycles. The van der Waals surface area contributed by atoms with E-state index in [2.05, 4.69) is 4.74 Å². The Labute approximate surface area is 95.0 Å². The zero-order valence-corrected chi connectivity index (χ0v) is 9.24. The van der Waals surface area contributed by atoms with E-state index in [-0.39, 0.29) is 21.9 Å². The molecule has 0 bridgehead atoms. The Morgan fingerprint density at radius 1 is 1.38 bits per heavy atom. The normalized spacial score (nSPS) is 11.4. The van der Waals surface area contributed by atoms with Gasteiger partial charge in [-0.15, -0.1) is 13.2 Å². The number of carbonyl (C=O) groups excluding carboxylic acids is 1. The second-order valence-corrected chi connectivity index (χ2v) is 3.59. The maximum absolute atomic E-state index is 12.0. The highest BCUT2D eigenvalue weighted by Crippen LogP contribution is 2.32. The molecule has 0 unspecified atom stereocenters. The minimum atomic E-state index is -4.80. The van der Waals surface area contributed by atoms with Gasteiger partial charge in [-0.3, -0.25) is 4.79 Å². The van der Waals surface area contributed by atoms with Crippen LogP contribution in [0.15, 0.2) is 12.1 Å². The van der Waals surface area contributed by atoms with Gasteiger partial charge in [0.25, 0.3) is 0 Å². The van der Waals surface area contributed by atoms with Crippen molar-refractivity contribution in [3.63, 3.8) is 0 Å². The predicted octanol–water partition coefficient (Wildman–Crippen LogP) is 3.75. The fourth-order valence-corrected chi connectivity index (χ4v) is 1.30. The summed E-state index contributed by atoms with van der Waals surface area (Å²) in [5, 5.41) is 0.0620. The second kappa shape index (κ2) is 4.33. The van der Waals surface area contributed by atoms with Gasteiger partial charge in [-0.1, -0.05) is 11.6 Å². The molecule has 1 rings (SSSR count). The molecule has 0 heterocycles. The molecular weight excluding hydrogens is 245 g/mol. The molecule has 0 radical (unpaired) electrons. The van der Waals surface area contributed by atoms with E-state index in [4.69, 9.17) is 11.6 Å². The van der Waals surface area contributed by atoms with Crippen molar-refractivity contribution >= 4 is 17.4 Å². The van der Waals surface area contributed by atoms with Crippen LogP contribution in [0.5, 0.6) is 5.75 Å². The van der Waals surface area contributed by atoms with Crippen molar-refractivity contribution in [2.75, 3.05) is 0 Å². The molecular formula is C10H8ClF3O2. The van der Waals surface area contributed by atoms with Crippen LogP contribution in [0.4, 0.5) is 13.2 Å². The van der Waals surface area contributed by atoms with Crippen molar-refractivity contribution < 1.29 is 22.7 Å². The third-order valence-corrected chi connectivity index (χ3v) is 2.32. The summed E-state index contributed by atoms with van der Waals surface area (Å²) in [7, 11) is 0. The summed E-state index contributed by atoms with van der Waals surface area (Å²) in [6.45, 7) is 2.62. The Hall–Kier alpha value is -1.23. The Morgan fingerprint density at radius 2 is 1.94 bits per heavy atom. The number of carbonyl (C=O) groups is 1. The van der Waals surface area contributed by atoms with E-state index in [1.165, 1.54) is 19.9 Å². The van der Waals surface area contributed by atoms with Crippen molar-refractivity contribution in [3.05, 3.63) is 28.3 Å². The predicted molar refractivity (Wildman–Crippen MR) is 52.9 cm³/mol. The van der Waals surface area contributed by atoms with Gasteiger partial charge >= 0.3 is 6.36 Å². The Kier molecular flexibility index (Phi) is 3.48. The smallest absolute Gasteiger partial charge is 0.405 e. The molecule has 0 aliphatic heterocycles.